The molecule has 86 valence electrons. The lowest BCUT2D eigenvalue weighted by molar-refractivity contribution is -0.118. The Morgan fingerprint density at radius 1 is 1.47 bits per heavy atom. The van der Waals surface area contributed by atoms with E-state index >= 15 is 0 Å². The highest BCUT2D eigenvalue weighted by atomic mass is 16.1. The number of carbonyl (C=O) groups excluding carboxylic acids is 1. The van der Waals surface area contributed by atoms with Gasteiger partial charge in [-0.3, -0.25) is 4.79 Å². The van der Waals surface area contributed by atoms with E-state index in [1.807, 2.05) is 6.92 Å². The van der Waals surface area contributed by atoms with Gasteiger partial charge in [0.1, 0.15) is 0 Å². The highest BCUT2D eigenvalue weighted by Crippen LogP contribution is 2.11. The Bertz CT molecular complexity index is 265. The number of amides is 1. The predicted molar refractivity (Wildman–Crippen MR) is 62.6 cm³/mol. The van der Waals surface area contributed by atoms with Gasteiger partial charge in [0.2, 0.25) is 5.91 Å². The van der Waals surface area contributed by atoms with Crippen LogP contribution in [0.1, 0.15) is 34.1 Å². The molecule has 3 heteroatoms. The molecule has 15 heavy (non-hydrogen) atoms. The largest absolute Gasteiger partial charge is 0.350 e. The fraction of sp³-hybridized carbons (Fsp3) is 0.750. The summed E-state index contributed by atoms with van der Waals surface area (Å²) in [5.41, 5.74) is 2.13. The molecule has 0 saturated carbocycles. The minimum absolute atomic E-state index is 0.0966. The maximum atomic E-state index is 11.8. The Labute approximate surface area is 92.3 Å². The molecule has 2 N–H and O–H groups in total. The minimum Gasteiger partial charge on any atom is -0.350 e. The lowest BCUT2D eigenvalue weighted by Gasteiger charge is -2.24. The molecular formula is C12H22N2O. The van der Waals surface area contributed by atoms with Crippen LogP contribution in [-0.4, -0.2) is 25.0 Å². The fourth-order valence-electron chi connectivity index (χ4n) is 1.49. The standard InChI is InChI=1S/C12H22N2O/c1-5-8(2)10(4)14-12(15)9(3)11-6-13-7-11/h8,10,13H,5-7H2,1-4H3,(H,14,15). The molecule has 0 radical (unpaired) electrons. The van der Waals surface area contributed by atoms with E-state index in [-0.39, 0.29) is 11.9 Å². The summed E-state index contributed by atoms with van der Waals surface area (Å²) < 4.78 is 0. The van der Waals surface area contributed by atoms with Crippen molar-refractivity contribution in [2.45, 2.75) is 40.2 Å². The Hall–Kier alpha value is -0.830. The van der Waals surface area contributed by atoms with Crippen LogP contribution in [0.4, 0.5) is 0 Å². The molecule has 3 nitrogen and oxygen atoms in total. The van der Waals surface area contributed by atoms with Gasteiger partial charge >= 0.3 is 0 Å². The Balaban J connectivity index is 2.48. The summed E-state index contributed by atoms with van der Waals surface area (Å²) in [6.07, 6.45) is 1.10. The van der Waals surface area contributed by atoms with Crippen LogP contribution in [0, 0.1) is 5.92 Å². The van der Waals surface area contributed by atoms with Crippen LogP contribution >= 0.6 is 0 Å². The summed E-state index contributed by atoms with van der Waals surface area (Å²) in [5, 5.41) is 6.20. The van der Waals surface area contributed by atoms with Crippen LogP contribution in [-0.2, 0) is 4.79 Å². The van der Waals surface area contributed by atoms with Gasteiger partial charge < -0.3 is 10.6 Å². The highest BCUT2D eigenvalue weighted by Gasteiger charge is 2.18. The van der Waals surface area contributed by atoms with Crippen LogP contribution in [0.2, 0.25) is 0 Å². The minimum atomic E-state index is 0.0966. The number of hydrogen-bond acceptors (Lipinski definition) is 2. The van der Waals surface area contributed by atoms with E-state index in [1.165, 1.54) is 5.57 Å². The van der Waals surface area contributed by atoms with Crippen molar-refractivity contribution in [1.82, 2.24) is 10.6 Å². The van der Waals surface area contributed by atoms with E-state index < -0.39 is 0 Å². The molecule has 0 spiro atoms. The molecule has 2 unspecified atom stereocenters. The van der Waals surface area contributed by atoms with Gasteiger partial charge in [-0.1, -0.05) is 20.3 Å². The average Bonchev–Trinajstić information content (AvgIpc) is 2.13. The van der Waals surface area contributed by atoms with Crippen LogP contribution in [0.15, 0.2) is 11.1 Å². The zero-order valence-corrected chi connectivity index (χ0v) is 10.2. The van der Waals surface area contributed by atoms with Crippen molar-refractivity contribution in [3.05, 3.63) is 11.1 Å². The van der Waals surface area contributed by atoms with Crippen molar-refractivity contribution in [1.29, 1.82) is 0 Å². The first-order valence-electron chi connectivity index (χ1n) is 5.76. The molecule has 0 aromatic heterocycles. The third kappa shape index (κ3) is 3.06. The van der Waals surface area contributed by atoms with Gasteiger partial charge in [-0.15, -0.1) is 0 Å². The number of rotatable bonds is 4. The van der Waals surface area contributed by atoms with Crippen LogP contribution in [0.5, 0.6) is 0 Å². The summed E-state index contributed by atoms with van der Waals surface area (Å²) >= 11 is 0. The highest BCUT2D eigenvalue weighted by molar-refractivity contribution is 5.94. The zero-order valence-electron chi connectivity index (χ0n) is 10.2. The summed E-state index contributed by atoms with van der Waals surface area (Å²) in [7, 11) is 0. The fourth-order valence-corrected chi connectivity index (χ4v) is 1.49. The van der Waals surface area contributed by atoms with E-state index in [9.17, 15) is 4.79 Å². The van der Waals surface area contributed by atoms with Crippen LogP contribution < -0.4 is 10.6 Å². The molecule has 0 aliphatic carbocycles. The summed E-state index contributed by atoms with van der Waals surface area (Å²) in [6.45, 7) is 10.0. The van der Waals surface area contributed by atoms with Crippen molar-refractivity contribution >= 4 is 5.91 Å². The molecule has 1 heterocycles. The first-order chi connectivity index (χ1) is 7.06. The van der Waals surface area contributed by atoms with E-state index in [2.05, 4.69) is 31.4 Å². The molecule has 0 bridgehead atoms. The third-order valence-electron chi connectivity index (χ3n) is 3.40. The average molecular weight is 210 g/mol. The second-order valence-electron chi connectivity index (χ2n) is 4.48. The topological polar surface area (TPSA) is 41.1 Å². The maximum absolute atomic E-state index is 11.8. The van der Waals surface area contributed by atoms with Crippen molar-refractivity contribution < 1.29 is 4.79 Å². The van der Waals surface area contributed by atoms with Gasteiger partial charge in [0.05, 0.1) is 0 Å². The Morgan fingerprint density at radius 2 is 2.07 bits per heavy atom. The molecule has 1 aliphatic rings. The monoisotopic (exact) mass is 210 g/mol. The summed E-state index contributed by atoms with van der Waals surface area (Å²) in [4.78, 5) is 11.8. The second kappa shape index (κ2) is 5.31. The van der Waals surface area contributed by atoms with E-state index in [4.69, 9.17) is 0 Å². The van der Waals surface area contributed by atoms with Crippen molar-refractivity contribution in [3.8, 4) is 0 Å². The number of carbonyl (C=O) groups is 1. The molecule has 1 aliphatic heterocycles. The molecular weight excluding hydrogens is 188 g/mol. The normalized spacial score (nSPS) is 19.1. The molecule has 1 amide bonds. The van der Waals surface area contributed by atoms with Crippen LogP contribution in [0.25, 0.3) is 0 Å². The SMILES string of the molecule is CCC(C)C(C)NC(=O)C(C)=C1CNC1. The third-order valence-corrected chi connectivity index (χ3v) is 3.40. The van der Waals surface area contributed by atoms with E-state index in [1.54, 1.807) is 0 Å². The molecule has 0 aromatic carbocycles. The van der Waals surface area contributed by atoms with Gasteiger partial charge in [0.25, 0.3) is 0 Å². The van der Waals surface area contributed by atoms with Gasteiger partial charge in [-0.2, -0.15) is 0 Å². The van der Waals surface area contributed by atoms with Gasteiger partial charge in [-0.05, 0) is 25.3 Å². The number of nitrogens with one attached hydrogen (secondary N) is 2. The molecule has 1 rings (SSSR count). The Kier molecular flexibility index (Phi) is 4.33. The lowest BCUT2D eigenvalue weighted by atomic mass is 9.99. The number of hydrogen-bond donors (Lipinski definition) is 2. The first-order valence-corrected chi connectivity index (χ1v) is 5.76. The smallest absolute Gasteiger partial charge is 0.247 e. The van der Waals surface area contributed by atoms with Crippen LogP contribution in [0.3, 0.4) is 0 Å². The molecule has 2 atom stereocenters. The first kappa shape index (κ1) is 12.2. The van der Waals surface area contributed by atoms with Gasteiger partial charge in [0.15, 0.2) is 0 Å². The van der Waals surface area contributed by atoms with E-state index in [0.717, 1.165) is 25.1 Å². The second-order valence-corrected chi connectivity index (χ2v) is 4.48. The summed E-state index contributed by atoms with van der Waals surface area (Å²) in [5.74, 6) is 0.630. The summed E-state index contributed by atoms with van der Waals surface area (Å²) in [6, 6.07) is 0.256. The molecule has 0 aromatic rings. The van der Waals surface area contributed by atoms with Crippen molar-refractivity contribution in [3.63, 3.8) is 0 Å². The van der Waals surface area contributed by atoms with E-state index in [0.29, 0.717) is 5.92 Å². The predicted octanol–water partition coefficient (Wildman–Crippen LogP) is 1.46. The lowest BCUT2D eigenvalue weighted by Crippen LogP contribution is -2.41. The van der Waals surface area contributed by atoms with Gasteiger partial charge in [0, 0.05) is 24.7 Å². The maximum Gasteiger partial charge on any atom is 0.247 e. The van der Waals surface area contributed by atoms with Gasteiger partial charge in [-0.25, -0.2) is 0 Å². The zero-order chi connectivity index (χ0) is 11.4. The quantitative estimate of drug-likeness (QED) is 0.690. The van der Waals surface area contributed by atoms with Crippen molar-refractivity contribution in [2.75, 3.05) is 13.1 Å². The van der Waals surface area contributed by atoms with Crippen molar-refractivity contribution in [2.24, 2.45) is 5.92 Å². The Morgan fingerprint density at radius 3 is 2.47 bits per heavy atom. The molecule has 1 saturated heterocycles. The molecule has 1 fully saturated rings.